The van der Waals surface area contributed by atoms with E-state index in [1.807, 2.05) is 12.1 Å². The maximum Gasteiger partial charge on any atom is 0.221 e. The van der Waals surface area contributed by atoms with Crippen LogP contribution >= 0.6 is 0 Å². The van der Waals surface area contributed by atoms with Gasteiger partial charge in [0.05, 0.1) is 18.3 Å². The van der Waals surface area contributed by atoms with E-state index in [-0.39, 0.29) is 18.6 Å². The van der Waals surface area contributed by atoms with Crippen LogP contribution in [0.25, 0.3) is 0 Å². The average molecular weight is 302 g/mol. The molecule has 7 heteroatoms. The van der Waals surface area contributed by atoms with Crippen LogP contribution in [0.3, 0.4) is 0 Å². The fourth-order valence-corrected chi connectivity index (χ4v) is 2.21. The molecule has 2 rings (SSSR count). The molecule has 22 heavy (non-hydrogen) atoms. The molecule has 0 saturated heterocycles. The maximum absolute atomic E-state index is 9.43. The molecule has 0 unspecified atom stereocenters. The highest BCUT2D eigenvalue weighted by molar-refractivity contribution is 5.47. The number of nitrogens with zero attached hydrogens (tertiary/aromatic N) is 4. The standard InChI is InChI=1S/C15H22N6O/c1-2-4-13(10-22)19-14-11(9-17-15(16)20-14)6-7-12-5-3-8-18-21-12/h3,5,8-9,13,22H,2,4,6-7,10H2,1H3,(H3,16,17,19,20)/t13-/m0/s1. The molecule has 0 spiro atoms. The molecular formula is C15H22N6O. The Morgan fingerprint density at radius 1 is 1.36 bits per heavy atom. The highest BCUT2D eigenvalue weighted by Crippen LogP contribution is 2.17. The summed E-state index contributed by atoms with van der Waals surface area (Å²) in [4.78, 5) is 8.32. The van der Waals surface area contributed by atoms with Crippen molar-refractivity contribution in [3.63, 3.8) is 0 Å². The van der Waals surface area contributed by atoms with Crippen molar-refractivity contribution < 1.29 is 5.11 Å². The molecule has 0 aliphatic rings. The van der Waals surface area contributed by atoms with E-state index >= 15 is 0 Å². The third-order valence-electron chi connectivity index (χ3n) is 3.36. The summed E-state index contributed by atoms with van der Waals surface area (Å²) in [6, 6.07) is 3.77. The Hall–Kier alpha value is -2.28. The number of nitrogens with two attached hydrogens (primary N) is 1. The lowest BCUT2D eigenvalue weighted by Gasteiger charge is -2.18. The molecule has 0 saturated carbocycles. The van der Waals surface area contributed by atoms with Gasteiger partial charge in [-0.25, -0.2) is 4.98 Å². The van der Waals surface area contributed by atoms with Crippen LogP contribution in [0.15, 0.2) is 24.5 Å². The summed E-state index contributed by atoms with van der Waals surface area (Å²) in [5.74, 6) is 0.905. The molecule has 2 heterocycles. The van der Waals surface area contributed by atoms with Gasteiger partial charge in [-0.3, -0.25) is 0 Å². The molecule has 1 atom stereocenters. The first-order chi connectivity index (χ1) is 10.7. The third kappa shape index (κ3) is 4.63. The Labute approximate surface area is 130 Å². The summed E-state index contributed by atoms with van der Waals surface area (Å²) in [5, 5.41) is 20.6. The van der Waals surface area contributed by atoms with Crippen molar-refractivity contribution in [2.75, 3.05) is 17.7 Å². The van der Waals surface area contributed by atoms with Crippen molar-refractivity contribution in [2.24, 2.45) is 0 Å². The van der Waals surface area contributed by atoms with Crippen LogP contribution in [-0.4, -0.2) is 37.9 Å². The Balaban J connectivity index is 2.09. The van der Waals surface area contributed by atoms with E-state index in [1.165, 1.54) is 0 Å². The van der Waals surface area contributed by atoms with Gasteiger partial charge in [0, 0.05) is 18.0 Å². The van der Waals surface area contributed by atoms with E-state index in [0.29, 0.717) is 5.82 Å². The zero-order valence-corrected chi connectivity index (χ0v) is 12.7. The van der Waals surface area contributed by atoms with Crippen LogP contribution in [0.2, 0.25) is 0 Å². The van der Waals surface area contributed by atoms with Crippen LogP contribution < -0.4 is 11.1 Å². The second-order valence-corrected chi connectivity index (χ2v) is 5.13. The third-order valence-corrected chi connectivity index (χ3v) is 3.36. The van der Waals surface area contributed by atoms with Gasteiger partial charge in [0.15, 0.2) is 0 Å². The predicted octanol–water partition coefficient (Wildman–Crippen LogP) is 1.21. The number of hydrogen-bond donors (Lipinski definition) is 3. The van der Waals surface area contributed by atoms with Gasteiger partial charge in [-0.05, 0) is 31.4 Å². The van der Waals surface area contributed by atoms with Gasteiger partial charge in [0.2, 0.25) is 5.95 Å². The molecule has 0 aliphatic heterocycles. The molecule has 7 nitrogen and oxygen atoms in total. The molecule has 0 bridgehead atoms. The van der Waals surface area contributed by atoms with Gasteiger partial charge in [-0.2, -0.15) is 15.2 Å². The minimum atomic E-state index is -0.0328. The van der Waals surface area contributed by atoms with Gasteiger partial charge >= 0.3 is 0 Å². The van der Waals surface area contributed by atoms with Crippen LogP contribution in [0.1, 0.15) is 31.0 Å². The van der Waals surface area contributed by atoms with Gasteiger partial charge in [-0.15, -0.1) is 0 Å². The van der Waals surface area contributed by atoms with Crippen LogP contribution in [-0.2, 0) is 12.8 Å². The number of aromatic nitrogens is 4. The fraction of sp³-hybridized carbons (Fsp3) is 0.467. The summed E-state index contributed by atoms with van der Waals surface area (Å²) >= 11 is 0. The smallest absolute Gasteiger partial charge is 0.221 e. The summed E-state index contributed by atoms with van der Waals surface area (Å²) in [7, 11) is 0. The van der Waals surface area contributed by atoms with Crippen molar-refractivity contribution in [2.45, 2.75) is 38.6 Å². The molecule has 118 valence electrons. The number of nitrogens with one attached hydrogen (secondary N) is 1. The molecule has 2 aromatic heterocycles. The number of aryl methyl sites for hydroxylation is 2. The summed E-state index contributed by atoms with van der Waals surface area (Å²) in [6.45, 7) is 2.13. The fourth-order valence-electron chi connectivity index (χ4n) is 2.21. The van der Waals surface area contributed by atoms with Gasteiger partial charge in [0.1, 0.15) is 5.82 Å². The monoisotopic (exact) mass is 302 g/mol. The minimum absolute atomic E-state index is 0.0328. The topological polar surface area (TPSA) is 110 Å². The number of aliphatic hydroxyl groups is 1. The molecule has 0 aromatic carbocycles. The number of aliphatic hydroxyl groups excluding tert-OH is 1. The van der Waals surface area contributed by atoms with Crippen molar-refractivity contribution in [1.29, 1.82) is 0 Å². The van der Waals surface area contributed by atoms with E-state index in [9.17, 15) is 5.11 Å². The zero-order chi connectivity index (χ0) is 15.8. The molecular weight excluding hydrogens is 280 g/mol. The molecule has 2 aromatic rings. The first-order valence-electron chi connectivity index (χ1n) is 7.48. The van der Waals surface area contributed by atoms with E-state index in [0.717, 1.165) is 36.9 Å². The Kier molecular flexibility index (Phi) is 6.02. The number of anilines is 2. The Morgan fingerprint density at radius 3 is 2.91 bits per heavy atom. The quantitative estimate of drug-likeness (QED) is 0.672. The largest absolute Gasteiger partial charge is 0.394 e. The molecule has 4 N–H and O–H groups in total. The Morgan fingerprint density at radius 2 is 2.23 bits per heavy atom. The lowest BCUT2D eigenvalue weighted by atomic mass is 10.1. The lowest BCUT2D eigenvalue weighted by Crippen LogP contribution is -2.25. The van der Waals surface area contributed by atoms with Crippen LogP contribution in [0.4, 0.5) is 11.8 Å². The van der Waals surface area contributed by atoms with E-state index in [4.69, 9.17) is 5.73 Å². The van der Waals surface area contributed by atoms with E-state index in [1.54, 1.807) is 12.4 Å². The van der Waals surface area contributed by atoms with Crippen molar-refractivity contribution in [3.8, 4) is 0 Å². The lowest BCUT2D eigenvalue weighted by molar-refractivity contribution is 0.268. The predicted molar refractivity (Wildman–Crippen MR) is 85.3 cm³/mol. The zero-order valence-electron chi connectivity index (χ0n) is 12.7. The first kappa shape index (κ1) is 16.1. The summed E-state index contributed by atoms with van der Waals surface area (Å²) in [5.41, 5.74) is 7.55. The SMILES string of the molecule is CCC[C@@H](CO)Nc1nc(N)ncc1CCc1cccnn1. The van der Waals surface area contributed by atoms with Crippen molar-refractivity contribution in [1.82, 2.24) is 20.2 Å². The van der Waals surface area contributed by atoms with Gasteiger partial charge in [-0.1, -0.05) is 13.3 Å². The summed E-state index contributed by atoms with van der Waals surface area (Å²) in [6.07, 6.45) is 6.69. The second kappa shape index (κ2) is 8.23. The van der Waals surface area contributed by atoms with Crippen LogP contribution in [0.5, 0.6) is 0 Å². The molecule has 0 aliphatic carbocycles. The van der Waals surface area contributed by atoms with E-state index in [2.05, 4.69) is 32.4 Å². The van der Waals surface area contributed by atoms with Gasteiger partial charge < -0.3 is 16.2 Å². The number of nitrogen functional groups attached to an aromatic ring is 1. The minimum Gasteiger partial charge on any atom is -0.394 e. The Bertz CT molecular complexity index is 578. The highest BCUT2D eigenvalue weighted by Gasteiger charge is 2.12. The molecule has 0 radical (unpaired) electrons. The number of hydrogen-bond acceptors (Lipinski definition) is 7. The summed E-state index contributed by atoms with van der Waals surface area (Å²) < 4.78 is 0. The van der Waals surface area contributed by atoms with Gasteiger partial charge in [0.25, 0.3) is 0 Å². The van der Waals surface area contributed by atoms with Crippen molar-refractivity contribution in [3.05, 3.63) is 35.8 Å². The maximum atomic E-state index is 9.43. The van der Waals surface area contributed by atoms with Crippen molar-refractivity contribution >= 4 is 11.8 Å². The average Bonchev–Trinajstić information content (AvgIpc) is 2.54. The van der Waals surface area contributed by atoms with Crippen LogP contribution in [0, 0.1) is 0 Å². The first-order valence-corrected chi connectivity index (χ1v) is 7.48. The highest BCUT2D eigenvalue weighted by atomic mass is 16.3. The second-order valence-electron chi connectivity index (χ2n) is 5.13. The number of rotatable bonds is 8. The normalized spacial score (nSPS) is 12.1. The molecule has 0 fully saturated rings. The molecule has 0 amide bonds. The van der Waals surface area contributed by atoms with E-state index < -0.39 is 0 Å².